The first kappa shape index (κ1) is 21.9. The third-order valence-electron chi connectivity index (χ3n) is 4.06. The Balaban J connectivity index is 1.65. The molecule has 9 heteroatoms. The number of rotatable bonds is 8. The lowest BCUT2D eigenvalue weighted by molar-refractivity contribution is -0.153. The van der Waals surface area contributed by atoms with Crippen molar-refractivity contribution in [3.8, 4) is 17.2 Å². The molecule has 0 unspecified atom stereocenters. The Bertz CT molecular complexity index is 1010. The van der Waals surface area contributed by atoms with Crippen molar-refractivity contribution in [1.82, 2.24) is 4.98 Å². The Hall–Kier alpha value is -3.75. The number of alkyl halides is 3. The predicted molar refractivity (Wildman–Crippen MR) is 108 cm³/mol. The third-order valence-corrected chi connectivity index (χ3v) is 4.06. The van der Waals surface area contributed by atoms with Crippen molar-refractivity contribution in [3.63, 3.8) is 0 Å². The maximum absolute atomic E-state index is 12.5. The fourth-order valence-electron chi connectivity index (χ4n) is 2.58. The van der Waals surface area contributed by atoms with Crippen LogP contribution in [0.4, 0.5) is 18.9 Å². The number of carbonyl (C=O) groups excluding carboxylic acids is 1. The minimum atomic E-state index is -4.43. The molecule has 31 heavy (non-hydrogen) atoms. The molecule has 1 heterocycles. The lowest BCUT2D eigenvalue weighted by atomic mass is 10.2. The second kappa shape index (κ2) is 9.84. The number of nitrogens with zero attached hydrogens (tertiary/aromatic N) is 1. The standard InChI is InChI=1S/C22H19F3N2O4/c1-29-19-9-6-17(11-20(19)30-13-15-3-2-10-26-12-15)27-21(28)16-4-7-18(8-5-16)31-14-22(23,24)25/h2-12H,13-14H2,1H3,(H,27,28). The number of pyridine rings is 1. The third kappa shape index (κ3) is 6.63. The zero-order chi connectivity index (χ0) is 22.3. The van der Waals surface area contributed by atoms with Gasteiger partial charge >= 0.3 is 6.18 Å². The number of ether oxygens (including phenoxy) is 3. The van der Waals surface area contributed by atoms with Crippen LogP contribution in [0.25, 0.3) is 0 Å². The highest BCUT2D eigenvalue weighted by Gasteiger charge is 2.28. The average molecular weight is 432 g/mol. The van der Waals surface area contributed by atoms with E-state index in [1.807, 2.05) is 6.07 Å². The SMILES string of the molecule is COc1ccc(NC(=O)c2ccc(OCC(F)(F)F)cc2)cc1OCc1cccnc1. The molecule has 0 aliphatic carbocycles. The summed E-state index contributed by atoms with van der Waals surface area (Å²) in [6.45, 7) is -1.13. The van der Waals surface area contributed by atoms with Crippen LogP contribution in [0.2, 0.25) is 0 Å². The molecule has 0 aliphatic heterocycles. The molecule has 3 aromatic rings. The first-order chi connectivity index (χ1) is 14.8. The topological polar surface area (TPSA) is 69.7 Å². The van der Waals surface area contributed by atoms with Crippen LogP contribution in [0.5, 0.6) is 17.2 Å². The van der Waals surface area contributed by atoms with Gasteiger partial charge in [-0.1, -0.05) is 6.07 Å². The number of anilines is 1. The average Bonchev–Trinajstić information content (AvgIpc) is 2.77. The molecule has 0 saturated carbocycles. The molecular weight excluding hydrogens is 413 g/mol. The zero-order valence-electron chi connectivity index (χ0n) is 16.5. The normalized spacial score (nSPS) is 11.0. The van der Waals surface area contributed by atoms with Crippen molar-refractivity contribution < 1.29 is 32.2 Å². The molecule has 1 amide bonds. The summed E-state index contributed by atoms with van der Waals surface area (Å²) in [5.74, 6) is 0.503. The van der Waals surface area contributed by atoms with Crippen LogP contribution in [0.3, 0.4) is 0 Å². The summed E-state index contributed by atoms with van der Waals surface area (Å²) >= 11 is 0. The van der Waals surface area contributed by atoms with Gasteiger partial charge in [0.2, 0.25) is 0 Å². The van der Waals surface area contributed by atoms with Crippen LogP contribution in [-0.2, 0) is 6.61 Å². The summed E-state index contributed by atoms with van der Waals surface area (Å²) < 4.78 is 52.4. The van der Waals surface area contributed by atoms with E-state index in [0.29, 0.717) is 17.2 Å². The molecule has 2 aromatic carbocycles. The molecule has 3 rings (SSSR count). The van der Waals surface area contributed by atoms with Gasteiger partial charge in [0, 0.05) is 35.3 Å². The molecular formula is C22H19F3N2O4. The number of aromatic nitrogens is 1. The molecule has 1 aromatic heterocycles. The Morgan fingerprint density at radius 3 is 2.45 bits per heavy atom. The second-order valence-corrected chi connectivity index (χ2v) is 6.40. The Morgan fingerprint density at radius 2 is 1.81 bits per heavy atom. The first-order valence-electron chi connectivity index (χ1n) is 9.15. The Kier molecular flexibility index (Phi) is 6.96. The quantitative estimate of drug-likeness (QED) is 0.550. The van der Waals surface area contributed by atoms with E-state index in [9.17, 15) is 18.0 Å². The minimum absolute atomic E-state index is 0.0180. The van der Waals surface area contributed by atoms with E-state index >= 15 is 0 Å². The highest BCUT2D eigenvalue weighted by Crippen LogP contribution is 2.31. The van der Waals surface area contributed by atoms with E-state index in [2.05, 4.69) is 15.0 Å². The maximum Gasteiger partial charge on any atom is 0.422 e. The van der Waals surface area contributed by atoms with Crippen molar-refractivity contribution >= 4 is 11.6 Å². The Labute approximate surface area is 176 Å². The molecule has 0 atom stereocenters. The van der Waals surface area contributed by atoms with Crippen LogP contribution >= 0.6 is 0 Å². The van der Waals surface area contributed by atoms with Crippen molar-refractivity contribution in [1.29, 1.82) is 0 Å². The van der Waals surface area contributed by atoms with E-state index in [1.165, 1.54) is 31.4 Å². The molecule has 0 bridgehead atoms. The summed E-state index contributed by atoms with van der Waals surface area (Å²) in [5.41, 5.74) is 1.59. The van der Waals surface area contributed by atoms with E-state index in [0.717, 1.165) is 5.56 Å². The summed E-state index contributed by atoms with van der Waals surface area (Å²) in [6.07, 6.45) is -1.09. The van der Waals surface area contributed by atoms with Gasteiger partial charge < -0.3 is 19.5 Å². The van der Waals surface area contributed by atoms with Gasteiger partial charge in [-0.25, -0.2) is 0 Å². The van der Waals surface area contributed by atoms with Gasteiger partial charge in [0.1, 0.15) is 12.4 Å². The lowest BCUT2D eigenvalue weighted by Crippen LogP contribution is -2.19. The number of amides is 1. The van der Waals surface area contributed by atoms with Crippen molar-refractivity contribution in [2.24, 2.45) is 0 Å². The van der Waals surface area contributed by atoms with Crippen LogP contribution in [0.1, 0.15) is 15.9 Å². The predicted octanol–water partition coefficient (Wildman–Crippen LogP) is 4.86. The molecule has 0 radical (unpaired) electrons. The van der Waals surface area contributed by atoms with Crippen molar-refractivity contribution in [2.45, 2.75) is 12.8 Å². The number of carbonyl (C=O) groups is 1. The highest BCUT2D eigenvalue weighted by molar-refractivity contribution is 6.04. The fourth-order valence-corrected chi connectivity index (χ4v) is 2.58. The molecule has 0 saturated heterocycles. The summed E-state index contributed by atoms with van der Waals surface area (Å²) in [6, 6.07) is 14.0. The van der Waals surface area contributed by atoms with Crippen LogP contribution in [0.15, 0.2) is 67.0 Å². The monoisotopic (exact) mass is 432 g/mol. The molecule has 6 nitrogen and oxygen atoms in total. The smallest absolute Gasteiger partial charge is 0.422 e. The van der Waals surface area contributed by atoms with Gasteiger partial charge in [-0.05, 0) is 42.5 Å². The maximum atomic E-state index is 12.5. The number of methoxy groups -OCH3 is 1. The highest BCUT2D eigenvalue weighted by atomic mass is 19.4. The molecule has 0 aliphatic rings. The van der Waals surface area contributed by atoms with Crippen LogP contribution < -0.4 is 19.5 Å². The zero-order valence-corrected chi connectivity index (χ0v) is 16.5. The molecule has 0 spiro atoms. The lowest BCUT2D eigenvalue weighted by Gasteiger charge is -2.13. The van der Waals surface area contributed by atoms with E-state index < -0.39 is 18.7 Å². The number of nitrogens with one attached hydrogen (secondary N) is 1. The van der Waals surface area contributed by atoms with Gasteiger partial charge in [0.15, 0.2) is 18.1 Å². The van der Waals surface area contributed by atoms with Gasteiger partial charge in [0.25, 0.3) is 5.91 Å². The molecule has 1 N–H and O–H groups in total. The minimum Gasteiger partial charge on any atom is -0.493 e. The van der Waals surface area contributed by atoms with Crippen LogP contribution in [0, 0.1) is 0 Å². The summed E-state index contributed by atoms with van der Waals surface area (Å²) in [4.78, 5) is 16.5. The Morgan fingerprint density at radius 1 is 1.03 bits per heavy atom. The van der Waals surface area contributed by atoms with E-state index in [4.69, 9.17) is 9.47 Å². The number of hydrogen-bond acceptors (Lipinski definition) is 5. The van der Waals surface area contributed by atoms with Gasteiger partial charge in [-0.3, -0.25) is 9.78 Å². The number of hydrogen-bond donors (Lipinski definition) is 1. The molecule has 0 fully saturated rings. The van der Waals surface area contributed by atoms with Gasteiger partial charge in [0.05, 0.1) is 7.11 Å². The number of benzene rings is 2. The van der Waals surface area contributed by atoms with E-state index in [-0.39, 0.29) is 17.9 Å². The van der Waals surface area contributed by atoms with E-state index in [1.54, 1.807) is 36.7 Å². The second-order valence-electron chi connectivity index (χ2n) is 6.40. The summed E-state index contributed by atoms with van der Waals surface area (Å²) in [5, 5.41) is 2.72. The first-order valence-corrected chi connectivity index (χ1v) is 9.15. The largest absolute Gasteiger partial charge is 0.493 e. The summed E-state index contributed by atoms with van der Waals surface area (Å²) in [7, 11) is 1.51. The van der Waals surface area contributed by atoms with Crippen molar-refractivity contribution in [2.75, 3.05) is 19.0 Å². The van der Waals surface area contributed by atoms with Gasteiger partial charge in [-0.15, -0.1) is 0 Å². The fraction of sp³-hybridized carbons (Fsp3) is 0.182. The number of halogens is 3. The molecule has 162 valence electrons. The van der Waals surface area contributed by atoms with Crippen molar-refractivity contribution in [3.05, 3.63) is 78.1 Å². The van der Waals surface area contributed by atoms with Gasteiger partial charge in [-0.2, -0.15) is 13.2 Å². The van der Waals surface area contributed by atoms with Crippen LogP contribution in [-0.4, -0.2) is 30.8 Å².